The molecule has 2 heterocycles. The van der Waals surface area contributed by atoms with E-state index in [-0.39, 0.29) is 0 Å². The van der Waals surface area contributed by atoms with Crippen molar-refractivity contribution in [2.75, 3.05) is 20.6 Å². The third-order valence-corrected chi connectivity index (χ3v) is 5.42. The number of hydrogen-bond acceptors (Lipinski definition) is 3. The fourth-order valence-electron chi connectivity index (χ4n) is 2.86. The van der Waals surface area contributed by atoms with Gasteiger partial charge in [-0.25, -0.2) is 0 Å². The molecule has 2 fully saturated rings. The highest BCUT2D eigenvalue weighted by atomic mass is 32.2. The van der Waals surface area contributed by atoms with E-state index in [1.807, 2.05) is 14.1 Å². The Kier molecular flexibility index (Phi) is 4.31. The lowest BCUT2D eigenvalue weighted by Gasteiger charge is -2.38. The summed E-state index contributed by atoms with van der Waals surface area (Å²) in [6, 6.07) is 0. The van der Waals surface area contributed by atoms with Crippen LogP contribution in [0.1, 0.15) is 38.5 Å². The largest absolute Gasteiger partial charge is 0.309 e. The highest BCUT2D eigenvalue weighted by Gasteiger charge is 2.35. The highest BCUT2D eigenvalue weighted by molar-refractivity contribution is 8.00. The topological polar surface area (TPSA) is 20.3 Å². The van der Waals surface area contributed by atoms with Crippen LogP contribution in [0, 0.1) is 5.92 Å². The van der Waals surface area contributed by atoms with Crippen molar-refractivity contribution in [3.8, 4) is 0 Å². The Bertz CT molecular complexity index is 242. The molecule has 2 bridgehead atoms. The van der Waals surface area contributed by atoms with Crippen molar-refractivity contribution in [1.82, 2.24) is 4.90 Å². The number of nitrogens with zero attached hydrogens (tertiary/aromatic N) is 1. The summed E-state index contributed by atoms with van der Waals surface area (Å²) in [6.07, 6.45) is 7.15. The number of fused-ring (bicyclic) bond motifs is 2. The molecule has 0 spiro atoms. The summed E-state index contributed by atoms with van der Waals surface area (Å²) in [5.41, 5.74) is 0. The molecule has 0 saturated carbocycles. The van der Waals surface area contributed by atoms with Gasteiger partial charge in [0.25, 0.3) is 0 Å². The molecule has 0 radical (unpaired) electrons. The van der Waals surface area contributed by atoms with Gasteiger partial charge in [-0.05, 0) is 39.8 Å². The molecule has 2 nitrogen and oxygen atoms in total. The minimum Gasteiger partial charge on any atom is -0.309 e. The summed E-state index contributed by atoms with van der Waals surface area (Å²) in [5, 5.41) is 1.58. The quantitative estimate of drug-likeness (QED) is 0.754. The van der Waals surface area contributed by atoms with E-state index < -0.39 is 0 Å². The van der Waals surface area contributed by atoms with Crippen LogP contribution in [0.4, 0.5) is 0 Å². The molecule has 16 heavy (non-hydrogen) atoms. The van der Waals surface area contributed by atoms with Gasteiger partial charge in [0.15, 0.2) is 0 Å². The molecule has 2 unspecified atom stereocenters. The molecule has 0 amide bonds. The van der Waals surface area contributed by atoms with E-state index in [1.54, 1.807) is 0 Å². The second-order valence-electron chi connectivity index (χ2n) is 5.50. The Hall–Kier alpha value is -0.0200. The minimum absolute atomic E-state index is 0.386. The number of hydrogen-bond donors (Lipinski definition) is 0. The van der Waals surface area contributed by atoms with Crippen LogP contribution >= 0.6 is 11.8 Å². The summed E-state index contributed by atoms with van der Waals surface area (Å²) >= 11 is 2.16. The van der Waals surface area contributed by atoms with E-state index in [4.69, 9.17) is 0 Å². The molecule has 0 N–H and O–H groups in total. The Balaban J connectivity index is 1.83. The molecule has 2 atom stereocenters. The van der Waals surface area contributed by atoms with E-state index in [2.05, 4.69) is 16.7 Å². The number of thioether (sulfide) groups is 1. The third-order valence-electron chi connectivity index (χ3n) is 3.79. The molecule has 3 heteroatoms. The number of Topliss-reactive ketones (excluding diaryl/α,β-unsaturated/α-hetero) is 1. The van der Waals surface area contributed by atoms with Crippen molar-refractivity contribution in [3.05, 3.63) is 0 Å². The van der Waals surface area contributed by atoms with Gasteiger partial charge < -0.3 is 4.90 Å². The first kappa shape index (κ1) is 12.4. The van der Waals surface area contributed by atoms with E-state index >= 15 is 0 Å². The summed E-state index contributed by atoms with van der Waals surface area (Å²) < 4.78 is 0. The van der Waals surface area contributed by atoms with Crippen molar-refractivity contribution in [1.29, 1.82) is 0 Å². The summed E-state index contributed by atoms with van der Waals surface area (Å²) in [5.74, 6) is 0.905. The van der Waals surface area contributed by atoms with Gasteiger partial charge in [0.2, 0.25) is 0 Å². The van der Waals surface area contributed by atoms with Crippen LogP contribution in [0.2, 0.25) is 0 Å². The monoisotopic (exact) mass is 241 g/mol. The number of carbonyl (C=O) groups is 1. The van der Waals surface area contributed by atoms with Crippen LogP contribution in [0.3, 0.4) is 0 Å². The van der Waals surface area contributed by atoms with E-state index in [0.29, 0.717) is 11.7 Å². The minimum atomic E-state index is 0.386. The second kappa shape index (κ2) is 5.54. The molecule has 92 valence electrons. The molecule has 0 aliphatic carbocycles. The van der Waals surface area contributed by atoms with Crippen molar-refractivity contribution in [2.45, 2.75) is 49.0 Å². The van der Waals surface area contributed by atoms with Crippen LogP contribution in [0.15, 0.2) is 0 Å². The molecule has 0 aromatic heterocycles. The molecular formula is C13H23NOS. The maximum atomic E-state index is 12.1. The number of ketones is 1. The lowest BCUT2D eigenvalue weighted by Crippen LogP contribution is -2.33. The highest BCUT2D eigenvalue weighted by Crippen LogP contribution is 2.44. The number of rotatable bonds is 4. The molecular weight excluding hydrogens is 218 g/mol. The van der Waals surface area contributed by atoms with Gasteiger partial charge in [0, 0.05) is 29.4 Å². The van der Waals surface area contributed by atoms with Gasteiger partial charge in [-0.3, -0.25) is 4.79 Å². The first-order valence-electron chi connectivity index (χ1n) is 6.48. The van der Waals surface area contributed by atoms with Gasteiger partial charge >= 0.3 is 0 Å². The summed E-state index contributed by atoms with van der Waals surface area (Å²) in [6.45, 7) is 0.914. The van der Waals surface area contributed by atoms with Crippen molar-refractivity contribution in [3.63, 3.8) is 0 Å². The first-order chi connectivity index (χ1) is 7.65. The Morgan fingerprint density at radius 2 is 1.88 bits per heavy atom. The standard InChI is InChI=1S/C13H23NOS/c1-14(2)7-6-13(15)10-8-11-4-3-5-12(9-10)16-11/h10-12H,3-9H2,1-2H3. The van der Waals surface area contributed by atoms with Gasteiger partial charge in [0.05, 0.1) is 0 Å². The predicted molar refractivity (Wildman–Crippen MR) is 69.9 cm³/mol. The van der Waals surface area contributed by atoms with Crippen LogP contribution in [0.5, 0.6) is 0 Å². The third kappa shape index (κ3) is 3.24. The van der Waals surface area contributed by atoms with Gasteiger partial charge in [0.1, 0.15) is 5.78 Å². The van der Waals surface area contributed by atoms with Crippen molar-refractivity contribution >= 4 is 17.5 Å². The Morgan fingerprint density at radius 1 is 1.25 bits per heavy atom. The molecule has 0 aromatic carbocycles. The molecule has 2 aliphatic heterocycles. The summed E-state index contributed by atoms with van der Waals surface area (Å²) in [4.78, 5) is 14.2. The van der Waals surface area contributed by atoms with Crippen LogP contribution in [0.25, 0.3) is 0 Å². The second-order valence-corrected chi connectivity index (χ2v) is 7.10. The van der Waals surface area contributed by atoms with E-state index in [9.17, 15) is 4.79 Å². The zero-order valence-corrected chi connectivity index (χ0v) is 11.3. The van der Waals surface area contributed by atoms with Crippen molar-refractivity contribution < 1.29 is 4.79 Å². The van der Waals surface area contributed by atoms with Gasteiger partial charge in [-0.1, -0.05) is 6.42 Å². The Morgan fingerprint density at radius 3 is 2.44 bits per heavy atom. The lowest BCUT2D eigenvalue weighted by atomic mass is 9.86. The SMILES string of the molecule is CN(C)CCC(=O)C1CC2CCCC(C1)S2. The van der Waals surface area contributed by atoms with Crippen LogP contribution in [-0.2, 0) is 4.79 Å². The van der Waals surface area contributed by atoms with Gasteiger partial charge in [-0.15, -0.1) is 0 Å². The average Bonchev–Trinajstić information content (AvgIpc) is 2.25. The zero-order chi connectivity index (χ0) is 11.5. The van der Waals surface area contributed by atoms with E-state index in [1.165, 1.54) is 19.3 Å². The molecule has 0 aromatic rings. The maximum Gasteiger partial charge on any atom is 0.137 e. The maximum absolute atomic E-state index is 12.1. The van der Waals surface area contributed by atoms with E-state index in [0.717, 1.165) is 36.3 Å². The fraction of sp³-hybridized carbons (Fsp3) is 0.923. The van der Waals surface area contributed by atoms with Gasteiger partial charge in [-0.2, -0.15) is 11.8 Å². The predicted octanol–water partition coefficient (Wildman–Crippen LogP) is 2.57. The fourth-order valence-corrected chi connectivity index (χ4v) is 4.70. The first-order valence-corrected chi connectivity index (χ1v) is 7.42. The molecule has 2 rings (SSSR count). The smallest absolute Gasteiger partial charge is 0.137 e. The van der Waals surface area contributed by atoms with Crippen LogP contribution < -0.4 is 0 Å². The molecule has 2 saturated heterocycles. The molecule has 2 aliphatic rings. The normalized spacial score (nSPS) is 34.1. The van der Waals surface area contributed by atoms with Crippen LogP contribution in [-0.4, -0.2) is 41.8 Å². The number of carbonyl (C=O) groups excluding carboxylic acids is 1. The average molecular weight is 241 g/mol. The zero-order valence-electron chi connectivity index (χ0n) is 10.4. The lowest BCUT2D eigenvalue weighted by molar-refractivity contribution is -0.123. The Labute approximate surface area is 103 Å². The van der Waals surface area contributed by atoms with Crippen molar-refractivity contribution in [2.24, 2.45) is 5.92 Å². The summed E-state index contributed by atoms with van der Waals surface area (Å²) in [7, 11) is 4.08.